The van der Waals surface area contributed by atoms with Gasteiger partial charge < -0.3 is 39.4 Å². The Balaban J connectivity index is 1.70. The number of Topliss-reactive ketones (excluding diaryl/α,β-unsaturated/α-hetero) is 1. The lowest BCUT2D eigenvalue weighted by Gasteiger charge is -2.35. The molecule has 2 fully saturated rings. The topological polar surface area (TPSA) is 211 Å². The van der Waals surface area contributed by atoms with Gasteiger partial charge in [0.2, 0.25) is 8.00 Å². The smallest absolute Gasteiger partial charge is 0.410 e. The Bertz CT molecular complexity index is 1590. The minimum absolute atomic E-state index is 0.00677. The van der Waals surface area contributed by atoms with Gasteiger partial charge in [-0.2, -0.15) is 0 Å². The largest absolute Gasteiger partial charge is 0.603 e. The standard InChI is InChI=1S/C35H47N6O11P/c1-5-11-29(42)50-35(51-30(43)12-6-2)52-53(47)22-26(31(44)27-20-36-16-18-41(27)34(46)49-7-3)38-33(45)25-19-28(40-17-15-24(21-40)48-4)39-32(37-25)23-13-9-8-10-14-23/h8-10,13-14,19,22,24,26-27,35-36H,5-7,11-12,15-18,20-21H2,1-4H3,(H,38,45)/t24-,26-,27?/m0/s1. The van der Waals surface area contributed by atoms with E-state index in [1.807, 2.05) is 23.1 Å². The third kappa shape index (κ3) is 12.0. The van der Waals surface area contributed by atoms with Gasteiger partial charge >= 0.3 is 24.5 Å². The maximum Gasteiger partial charge on any atom is 0.410 e. The predicted octanol–water partition coefficient (Wildman–Crippen LogP) is 1.93. The molecule has 1 aromatic heterocycles. The lowest BCUT2D eigenvalue weighted by molar-refractivity contribution is -0.253. The summed E-state index contributed by atoms with van der Waals surface area (Å²) in [7, 11) is -1.44. The zero-order chi connectivity index (χ0) is 38.3. The molecule has 0 saturated carbocycles. The highest BCUT2D eigenvalue weighted by atomic mass is 31.1. The van der Waals surface area contributed by atoms with Crippen molar-refractivity contribution in [3.8, 4) is 11.4 Å². The van der Waals surface area contributed by atoms with Crippen LogP contribution in [0.5, 0.6) is 0 Å². The summed E-state index contributed by atoms with van der Waals surface area (Å²) in [6.07, 6.45) is 0.750. The van der Waals surface area contributed by atoms with Gasteiger partial charge in [-0.3, -0.25) is 24.1 Å². The number of rotatable bonds is 17. The molecule has 2 N–H and O–H groups in total. The number of nitrogens with zero attached hydrogens (tertiary/aromatic N) is 4. The minimum Gasteiger partial charge on any atom is -0.603 e. The van der Waals surface area contributed by atoms with Crippen LogP contribution in [0.25, 0.3) is 11.4 Å². The molecule has 3 heterocycles. The summed E-state index contributed by atoms with van der Waals surface area (Å²) in [6.45, 7) is 4.82. The molecule has 2 aliphatic heterocycles. The third-order valence-electron chi connectivity index (χ3n) is 8.27. The quantitative estimate of drug-likeness (QED) is 0.134. The molecule has 1 aromatic carbocycles. The maximum atomic E-state index is 14.2. The van der Waals surface area contributed by atoms with Gasteiger partial charge in [0.05, 0.1) is 12.7 Å². The van der Waals surface area contributed by atoms with Crippen LogP contribution >= 0.6 is 8.00 Å². The summed E-state index contributed by atoms with van der Waals surface area (Å²) >= 11 is 0. The van der Waals surface area contributed by atoms with E-state index in [1.165, 1.54) is 11.0 Å². The molecule has 0 spiro atoms. The molecule has 4 atom stereocenters. The maximum absolute atomic E-state index is 14.2. The summed E-state index contributed by atoms with van der Waals surface area (Å²) < 4.78 is 26.2. The molecule has 18 heteroatoms. The highest BCUT2D eigenvalue weighted by Gasteiger charge is 2.39. The van der Waals surface area contributed by atoms with Gasteiger partial charge in [-0.05, 0) is 26.2 Å². The van der Waals surface area contributed by atoms with Crippen LogP contribution in [0.15, 0.2) is 36.4 Å². The minimum atomic E-state index is -3.07. The molecule has 0 bridgehead atoms. The lowest BCUT2D eigenvalue weighted by Crippen LogP contribution is -2.61. The Hall–Kier alpha value is -4.54. The number of amides is 2. The SMILES string of the molecule is CCCC(=O)OC(OC(=O)CCC)O/[P+]([O-])=C/[C@H](NC(=O)c1cc(N2CC[C@H](OC)C2)nc(-c2ccccc2)n1)C(=O)C1CNCCN1C(=O)OCC. The van der Waals surface area contributed by atoms with E-state index in [-0.39, 0.29) is 50.2 Å². The Morgan fingerprint density at radius 2 is 1.74 bits per heavy atom. The number of hydrogen-bond acceptors (Lipinski definition) is 15. The Kier molecular flexibility index (Phi) is 16.0. The number of nitrogens with one attached hydrogen (secondary N) is 2. The van der Waals surface area contributed by atoms with Crippen molar-refractivity contribution in [2.45, 2.75) is 77.5 Å². The molecule has 2 unspecified atom stereocenters. The first-order valence-corrected chi connectivity index (χ1v) is 18.9. The fourth-order valence-corrected chi connectivity index (χ4v) is 6.39. The molecule has 0 radical (unpaired) electrons. The van der Waals surface area contributed by atoms with Gasteiger partial charge in [-0.25, -0.2) is 14.8 Å². The Morgan fingerprint density at radius 3 is 2.36 bits per heavy atom. The molecule has 53 heavy (non-hydrogen) atoms. The lowest BCUT2D eigenvalue weighted by atomic mass is 10.0. The number of benzene rings is 1. The number of anilines is 1. The Labute approximate surface area is 309 Å². The zero-order valence-corrected chi connectivity index (χ0v) is 31.3. The van der Waals surface area contributed by atoms with E-state index in [1.54, 1.807) is 40.0 Å². The summed E-state index contributed by atoms with van der Waals surface area (Å²) in [5.74, 6) is -1.48. The van der Waals surface area contributed by atoms with E-state index in [0.29, 0.717) is 43.9 Å². The zero-order valence-electron chi connectivity index (χ0n) is 30.4. The van der Waals surface area contributed by atoms with Crippen molar-refractivity contribution < 1.29 is 52.3 Å². The van der Waals surface area contributed by atoms with Crippen LogP contribution in [-0.4, -0.2) is 121 Å². The molecule has 0 aliphatic carbocycles. The molecular formula is C35H47N6O11P. The number of carbonyl (C=O) groups is 5. The van der Waals surface area contributed by atoms with Crippen molar-refractivity contribution in [1.82, 2.24) is 25.5 Å². The van der Waals surface area contributed by atoms with Crippen molar-refractivity contribution in [3.63, 3.8) is 0 Å². The highest BCUT2D eigenvalue weighted by Crippen LogP contribution is 2.25. The molecule has 2 aromatic rings. The average Bonchev–Trinajstić information content (AvgIpc) is 3.64. The van der Waals surface area contributed by atoms with E-state index >= 15 is 0 Å². The number of hydrogen-bond donors (Lipinski definition) is 2. The van der Waals surface area contributed by atoms with E-state index < -0.39 is 56.3 Å². The Morgan fingerprint density at radius 1 is 1.04 bits per heavy atom. The summed E-state index contributed by atoms with van der Waals surface area (Å²) in [6, 6.07) is 7.73. The predicted molar refractivity (Wildman–Crippen MR) is 192 cm³/mol. The van der Waals surface area contributed by atoms with Crippen molar-refractivity contribution in [2.24, 2.45) is 0 Å². The van der Waals surface area contributed by atoms with Gasteiger partial charge in [0.15, 0.2) is 17.6 Å². The van der Waals surface area contributed by atoms with Gasteiger partial charge in [0.25, 0.3) is 5.91 Å². The normalized spacial score (nSPS) is 18.0. The van der Waals surface area contributed by atoms with Crippen molar-refractivity contribution in [1.29, 1.82) is 0 Å². The molecule has 2 saturated heterocycles. The first kappa shape index (κ1) is 41.2. The van der Waals surface area contributed by atoms with Crippen LogP contribution in [0.4, 0.5) is 10.6 Å². The number of aromatic nitrogens is 2. The number of esters is 2. The monoisotopic (exact) mass is 758 g/mol. The van der Waals surface area contributed by atoms with Gasteiger partial charge in [0.1, 0.15) is 23.4 Å². The first-order chi connectivity index (χ1) is 25.6. The average molecular weight is 759 g/mol. The van der Waals surface area contributed by atoms with Crippen LogP contribution in [0.1, 0.15) is 63.4 Å². The summed E-state index contributed by atoms with van der Waals surface area (Å²) in [5.41, 5.74) is 0.544. The number of methoxy groups -OCH3 is 1. The van der Waals surface area contributed by atoms with Crippen molar-refractivity contribution in [2.75, 3.05) is 51.3 Å². The summed E-state index contributed by atoms with van der Waals surface area (Å²) in [5, 5.41) is 5.66. The number of piperazine rings is 1. The molecule has 2 amide bonds. The molecular weight excluding hydrogens is 711 g/mol. The van der Waals surface area contributed by atoms with E-state index in [4.69, 9.17) is 28.5 Å². The number of ether oxygens (including phenoxy) is 4. The van der Waals surface area contributed by atoms with Gasteiger partial charge in [-0.1, -0.05) is 48.7 Å². The molecule has 17 nitrogen and oxygen atoms in total. The highest BCUT2D eigenvalue weighted by molar-refractivity contribution is 7.45. The summed E-state index contributed by atoms with van der Waals surface area (Å²) in [4.78, 5) is 91.6. The second kappa shape index (κ2) is 20.6. The van der Waals surface area contributed by atoms with Crippen LogP contribution in [0.3, 0.4) is 0 Å². The van der Waals surface area contributed by atoms with Crippen molar-refractivity contribution in [3.05, 3.63) is 42.1 Å². The second-order valence-corrected chi connectivity index (χ2v) is 13.2. The third-order valence-corrected chi connectivity index (χ3v) is 9.19. The van der Waals surface area contributed by atoms with Crippen LogP contribution in [0, 0.1) is 0 Å². The van der Waals surface area contributed by atoms with E-state index in [9.17, 15) is 28.9 Å². The second-order valence-electron chi connectivity index (χ2n) is 12.2. The first-order valence-electron chi connectivity index (χ1n) is 17.6. The van der Waals surface area contributed by atoms with Gasteiger partial charge in [0, 0.05) is 64.3 Å². The van der Waals surface area contributed by atoms with E-state index in [0.717, 1.165) is 12.2 Å². The number of ketones is 1. The van der Waals surface area contributed by atoms with Crippen LogP contribution in [-0.2, 0) is 37.9 Å². The fourth-order valence-electron chi connectivity index (χ4n) is 5.59. The van der Waals surface area contributed by atoms with E-state index in [2.05, 4.69) is 15.6 Å². The van der Waals surface area contributed by atoms with Gasteiger partial charge in [-0.15, -0.1) is 0 Å². The molecule has 4 rings (SSSR count). The van der Waals surface area contributed by atoms with Crippen LogP contribution in [0.2, 0.25) is 0 Å². The van der Waals surface area contributed by atoms with Crippen molar-refractivity contribution >= 4 is 49.3 Å². The molecule has 288 valence electrons. The van der Waals surface area contributed by atoms with Crippen LogP contribution < -0.4 is 20.4 Å². The number of carbonyl (C=O) groups excluding carboxylic acids is 5. The molecule has 2 aliphatic rings. The fraction of sp³-hybridized carbons (Fsp3) is 0.543.